The van der Waals surface area contributed by atoms with E-state index in [0.29, 0.717) is 0 Å². The number of hydrogen-bond acceptors (Lipinski definition) is 1. The van der Waals surface area contributed by atoms with E-state index in [2.05, 4.69) is 168 Å². The van der Waals surface area contributed by atoms with Crippen LogP contribution in [0, 0.1) is 0 Å². The summed E-state index contributed by atoms with van der Waals surface area (Å²) < 4.78 is 8.60. The normalized spacial score (nSPS) is 12.0. The van der Waals surface area contributed by atoms with Gasteiger partial charge in [-0.3, -0.25) is 0 Å². The van der Waals surface area contributed by atoms with Gasteiger partial charge in [0.2, 0.25) is 0 Å². The fourth-order valence-corrected chi connectivity index (χ4v) is 8.32. The minimum atomic E-state index is 0.912. The van der Waals surface area contributed by atoms with Gasteiger partial charge in [0.25, 0.3) is 0 Å². The van der Waals surface area contributed by atoms with Gasteiger partial charge >= 0.3 is 0 Å². The molecule has 0 N–H and O–H groups in total. The topological polar surface area (TPSA) is 18.1 Å². The molecule has 2 aromatic heterocycles. The van der Waals surface area contributed by atoms with Gasteiger partial charge in [-0.05, 0) is 104 Å². The summed E-state index contributed by atoms with van der Waals surface area (Å²) in [6.45, 7) is 0. The molecule has 232 valence electrons. The lowest BCUT2D eigenvalue weighted by atomic mass is 9.80. The maximum atomic E-state index is 6.18. The highest BCUT2D eigenvalue weighted by Gasteiger charge is 2.23. The molecule has 1 aliphatic rings. The van der Waals surface area contributed by atoms with Gasteiger partial charge in [-0.2, -0.15) is 0 Å². The largest absolute Gasteiger partial charge is 0.456 e. The molecule has 2 heterocycles. The van der Waals surface area contributed by atoms with Gasteiger partial charge in [-0.15, -0.1) is 0 Å². The molecule has 0 radical (unpaired) electrons. The zero-order valence-electron chi connectivity index (χ0n) is 27.1. The molecule has 10 aromatic rings. The summed E-state index contributed by atoms with van der Waals surface area (Å²) in [6, 6.07) is 64.1. The maximum Gasteiger partial charge on any atom is 0.135 e. The molecule has 0 aliphatic heterocycles. The molecule has 0 unspecified atom stereocenters. The van der Waals surface area contributed by atoms with E-state index < -0.39 is 0 Å². The molecule has 0 fully saturated rings. The predicted octanol–water partition coefficient (Wildman–Crippen LogP) is 13.3. The second kappa shape index (κ2) is 10.4. The molecule has 0 saturated heterocycles. The highest BCUT2D eigenvalue weighted by Crippen LogP contribution is 2.49. The quantitative estimate of drug-likeness (QED) is 0.185. The van der Waals surface area contributed by atoms with Gasteiger partial charge in [0.1, 0.15) is 11.2 Å². The van der Waals surface area contributed by atoms with E-state index in [1.54, 1.807) is 0 Å². The Morgan fingerprint density at radius 3 is 1.46 bits per heavy atom. The summed E-state index contributed by atoms with van der Waals surface area (Å²) in [4.78, 5) is 0. The lowest BCUT2D eigenvalue weighted by molar-refractivity contribution is 0.669. The molecule has 0 bridgehead atoms. The third-order valence-corrected chi connectivity index (χ3v) is 10.6. The third-order valence-electron chi connectivity index (χ3n) is 10.6. The molecule has 2 heteroatoms. The number of hydrogen-bond donors (Lipinski definition) is 0. The van der Waals surface area contributed by atoms with E-state index in [1.165, 1.54) is 77.4 Å². The molecule has 8 aromatic carbocycles. The van der Waals surface area contributed by atoms with Crippen LogP contribution in [0.2, 0.25) is 0 Å². The standard InChI is InChI=1S/C48H29NO/c1-2-13-35-33(11-1)34-12-3-4-14-36(34)42-27-30(31-22-26-48-44(28-31)41-17-7-10-20-47(41)50-48)21-24-38(42)43-29-32(23-25-37(35)43)49-45-18-8-5-15-39(45)40-16-6-9-19-46(40)49/h1-29H. The van der Waals surface area contributed by atoms with Crippen LogP contribution in [0.25, 0.3) is 105 Å². The second-order valence-corrected chi connectivity index (χ2v) is 13.3. The minimum Gasteiger partial charge on any atom is -0.456 e. The Hall–Kier alpha value is -6.64. The number of rotatable bonds is 2. The van der Waals surface area contributed by atoms with Crippen LogP contribution in [0.4, 0.5) is 0 Å². The van der Waals surface area contributed by atoms with Gasteiger partial charge in [-0.1, -0.05) is 127 Å². The average Bonchev–Trinajstić information content (AvgIpc) is 3.72. The first kappa shape index (κ1) is 27.3. The van der Waals surface area contributed by atoms with E-state index in [4.69, 9.17) is 4.42 Å². The summed E-state index contributed by atoms with van der Waals surface area (Å²) in [5.74, 6) is 0. The fraction of sp³-hybridized carbons (Fsp3) is 0. The fourth-order valence-electron chi connectivity index (χ4n) is 8.32. The van der Waals surface area contributed by atoms with Crippen molar-refractivity contribution in [2.75, 3.05) is 0 Å². The molecule has 0 amide bonds. The van der Waals surface area contributed by atoms with Gasteiger partial charge < -0.3 is 8.98 Å². The van der Waals surface area contributed by atoms with E-state index in [-0.39, 0.29) is 0 Å². The smallest absolute Gasteiger partial charge is 0.135 e. The number of para-hydroxylation sites is 3. The lowest BCUT2D eigenvalue weighted by Gasteiger charge is -2.24. The number of nitrogens with zero attached hydrogens (tertiary/aromatic N) is 1. The van der Waals surface area contributed by atoms with Crippen LogP contribution < -0.4 is 0 Å². The Kier molecular flexibility index (Phi) is 5.70. The van der Waals surface area contributed by atoms with Crippen LogP contribution in [0.15, 0.2) is 180 Å². The summed E-state index contributed by atoms with van der Waals surface area (Å²) in [5.41, 5.74) is 17.6. The van der Waals surface area contributed by atoms with Crippen molar-refractivity contribution < 1.29 is 4.42 Å². The van der Waals surface area contributed by atoms with Gasteiger partial charge in [-0.25, -0.2) is 0 Å². The lowest BCUT2D eigenvalue weighted by Crippen LogP contribution is -2.00. The summed E-state index contributed by atoms with van der Waals surface area (Å²) in [5, 5.41) is 4.81. The Morgan fingerprint density at radius 2 is 0.760 bits per heavy atom. The summed E-state index contributed by atoms with van der Waals surface area (Å²) in [7, 11) is 0. The van der Waals surface area contributed by atoms with Gasteiger partial charge in [0.05, 0.1) is 11.0 Å². The molecular weight excluding hydrogens is 607 g/mol. The van der Waals surface area contributed by atoms with Crippen molar-refractivity contribution in [3.8, 4) is 61.3 Å². The van der Waals surface area contributed by atoms with E-state index >= 15 is 0 Å². The highest BCUT2D eigenvalue weighted by molar-refractivity contribution is 6.10. The molecule has 50 heavy (non-hydrogen) atoms. The van der Waals surface area contributed by atoms with Gasteiger partial charge in [0, 0.05) is 27.2 Å². The monoisotopic (exact) mass is 635 g/mol. The number of aromatic nitrogens is 1. The molecule has 2 nitrogen and oxygen atoms in total. The summed E-state index contributed by atoms with van der Waals surface area (Å²) >= 11 is 0. The molecule has 1 aliphatic carbocycles. The van der Waals surface area contributed by atoms with E-state index in [9.17, 15) is 0 Å². The molecular formula is C48H29NO. The average molecular weight is 636 g/mol. The molecule has 0 saturated carbocycles. The number of benzene rings is 8. The Balaban J connectivity index is 1.19. The minimum absolute atomic E-state index is 0.912. The Bertz CT molecular complexity index is 2940. The molecule has 11 rings (SSSR count). The predicted molar refractivity (Wildman–Crippen MR) is 209 cm³/mol. The highest BCUT2D eigenvalue weighted by atomic mass is 16.3. The van der Waals surface area contributed by atoms with Crippen molar-refractivity contribution in [1.29, 1.82) is 0 Å². The first-order valence-corrected chi connectivity index (χ1v) is 17.2. The first-order valence-electron chi connectivity index (χ1n) is 17.2. The zero-order valence-corrected chi connectivity index (χ0v) is 27.1. The second-order valence-electron chi connectivity index (χ2n) is 13.3. The van der Waals surface area contributed by atoms with E-state index in [0.717, 1.165) is 27.6 Å². The van der Waals surface area contributed by atoms with Crippen LogP contribution in [0.5, 0.6) is 0 Å². The van der Waals surface area contributed by atoms with Crippen molar-refractivity contribution in [2.24, 2.45) is 0 Å². The van der Waals surface area contributed by atoms with Crippen molar-refractivity contribution in [3.63, 3.8) is 0 Å². The van der Waals surface area contributed by atoms with Crippen LogP contribution in [0.1, 0.15) is 0 Å². The first-order chi connectivity index (χ1) is 24.8. The molecule has 0 atom stereocenters. The Labute approximate surface area is 289 Å². The van der Waals surface area contributed by atoms with Crippen molar-refractivity contribution in [3.05, 3.63) is 176 Å². The van der Waals surface area contributed by atoms with Crippen molar-refractivity contribution >= 4 is 43.7 Å². The van der Waals surface area contributed by atoms with Gasteiger partial charge in [0.15, 0.2) is 0 Å². The van der Waals surface area contributed by atoms with Crippen molar-refractivity contribution in [2.45, 2.75) is 0 Å². The van der Waals surface area contributed by atoms with Crippen LogP contribution >= 0.6 is 0 Å². The van der Waals surface area contributed by atoms with Crippen LogP contribution in [-0.4, -0.2) is 4.57 Å². The van der Waals surface area contributed by atoms with Crippen LogP contribution in [-0.2, 0) is 0 Å². The third kappa shape index (κ3) is 3.90. The molecule has 0 spiro atoms. The van der Waals surface area contributed by atoms with Crippen LogP contribution in [0.3, 0.4) is 0 Å². The zero-order chi connectivity index (χ0) is 32.8. The van der Waals surface area contributed by atoms with E-state index in [1.807, 2.05) is 12.1 Å². The Morgan fingerprint density at radius 1 is 0.300 bits per heavy atom. The number of furan rings is 1. The number of fused-ring (bicyclic) bond motifs is 14. The SMILES string of the molecule is c1ccc2c(c1)-c1ccccc1-c1cc(-c3ccc4oc5ccccc5c4c3)ccc1-c1cc(-n3c4ccccc4c4ccccc43)ccc1-2. The summed E-state index contributed by atoms with van der Waals surface area (Å²) in [6.07, 6.45) is 0. The maximum absolute atomic E-state index is 6.18. The van der Waals surface area contributed by atoms with Crippen molar-refractivity contribution in [1.82, 2.24) is 4.57 Å².